The van der Waals surface area contributed by atoms with Crippen LogP contribution >= 0.6 is 0 Å². The van der Waals surface area contributed by atoms with E-state index >= 15 is 0 Å². The second kappa shape index (κ2) is 5.97. The zero-order valence-corrected chi connectivity index (χ0v) is 11.6. The molecule has 6 heteroatoms. The molecule has 3 N–H and O–H groups in total. The van der Waals surface area contributed by atoms with Gasteiger partial charge in [0.25, 0.3) is 0 Å². The molecule has 6 nitrogen and oxygen atoms in total. The highest BCUT2D eigenvalue weighted by atomic mass is 16.2. The summed E-state index contributed by atoms with van der Waals surface area (Å²) in [5.74, 6) is 0.154. The lowest BCUT2D eigenvalue weighted by atomic mass is 9.97. The molecule has 0 spiro atoms. The lowest BCUT2D eigenvalue weighted by molar-refractivity contribution is -0.120. The summed E-state index contributed by atoms with van der Waals surface area (Å²) in [7, 11) is 0. The van der Waals surface area contributed by atoms with Gasteiger partial charge in [0, 0.05) is 24.0 Å². The maximum atomic E-state index is 12.1. The lowest BCUT2D eigenvalue weighted by Crippen LogP contribution is -2.34. The Labute approximate surface area is 122 Å². The quantitative estimate of drug-likeness (QED) is 0.790. The number of benzene rings is 1. The molecule has 0 aliphatic carbocycles. The summed E-state index contributed by atoms with van der Waals surface area (Å²) in [5, 5.41) is 6.18. The molecule has 0 unspecified atom stereocenters. The van der Waals surface area contributed by atoms with Crippen molar-refractivity contribution in [2.45, 2.75) is 12.8 Å². The average Bonchev–Trinajstić information content (AvgIpc) is 2.95. The van der Waals surface area contributed by atoms with Crippen molar-refractivity contribution >= 4 is 11.6 Å². The van der Waals surface area contributed by atoms with Gasteiger partial charge >= 0.3 is 5.69 Å². The molecule has 1 saturated heterocycles. The van der Waals surface area contributed by atoms with E-state index in [9.17, 15) is 9.59 Å². The van der Waals surface area contributed by atoms with Crippen LogP contribution in [0.5, 0.6) is 0 Å². The summed E-state index contributed by atoms with van der Waals surface area (Å²) >= 11 is 0. The molecule has 110 valence electrons. The number of aromatic amines is 1. The van der Waals surface area contributed by atoms with E-state index in [2.05, 4.69) is 15.6 Å². The van der Waals surface area contributed by atoms with E-state index in [1.807, 2.05) is 24.3 Å². The molecule has 1 amide bonds. The number of piperidine rings is 1. The van der Waals surface area contributed by atoms with Crippen LogP contribution in [-0.2, 0) is 4.79 Å². The first-order valence-electron chi connectivity index (χ1n) is 7.12. The molecular formula is C15H18N4O2. The Kier molecular flexibility index (Phi) is 3.87. The molecule has 2 heterocycles. The number of hydrogen-bond donors (Lipinski definition) is 3. The molecular weight excluding hydrogens is 268 g/mol. The number of aromatic nitrogens is 2. The van der Waals surface area contributed by atoms with Crippen molar-refractivity contribution in [2.24, 2.45) is 5.92 Å². The molecule has 0 atom stereocenters. The van der Waals surface area contributed by atoms with Gasteiger partial charge in [0.1, 0.15) is 0 Å². The van der Waals surface area contributed by atoms with E-state index in [1.165, 1.54) is 4.57 Å². The van der Waals surface area contributed by atoms with Crippen LogP contribution in [-0.4, -0.2) is 28.5 Å². The summed E-state index contributed by atoms with van der Waals surface area (Å²) in [6, 6.07) is 7.25. The molecule has 21 heavy (non-hydrogen) atoms. The maximum absolute atomic E-state index is 12.1. The van der Waals surface area contributed by atoms with E-state index in [4.69, 9.17) is 0 Å². The summed E-state index contributed by atoms with van der Waals surface area (Å²) in [4.78, 5) is 26.2. The number of anilines is 1. The molecule has 1 aromatic heterocycles. The van der Waals surface area contributed by atoms with E-state index < -0.39 is 0 Å². The Morgan fingerprint density at radius 2 is 1.90 bits per heavy atom. The SMILES string of the molecule is O=C(Nc1ccc(-n2cc[nH]c2=O)cc1)C1CCNCC1. The number of rotatable bonds is 3. The van der Waals surface area contributed by atoms with Gasteiger partial charge in [-0.25, -0.2) is 4.79 Å². The van der Waals surface area contributed by atoms with Crippen LogP contribution in [0.3, 0.4) is 0 Å². The molecule has 2 aromatic rings. The molecule has 1 aliphatic heterocycles. The van der Waals surface area contributed by atoms with Crippen molar-refractivity contribution in [3.63, 3.8) is 0 Å². The van der Waals surface area contributed by atoms with Gasteiger partial charge in [0.15, 0.2) is 0 Å². The first-order valence-corrected chi connectivity index (χ1v) is 7.12. The second-order valence-corrected chi connectivity index (χ2v) is 5.20. The number of carbonyl (C=O) groups excluding carboxylic acids is 1. The number of imidazole rings is 1. The Hall–Kier alpha value is -2.34. The van der Waals surface area contributed by atoms with E-state index in [0.29, 0.717) is 0 Å². The minimum absolute atomic E-state index is 0.0723. The number of nitrogens with one attached hydrogen (secondary N) is 3. The third kappa shape index (κ3) is 3.05. The van der Waals surface area contributed by atoms with Gasteiger partial charge in [-0.2, -0.15) is 0 Å². The fourth-order valence-electron chi connectivity index (χ4n) is 2.56. The second-order valence-electron chi connectivity index (χ2n) is 5.20. The highest BCUT2D eigenvalue weighted by Gasteiger charge is 2.20. The van der Waals surface area contributed by atoms with Crippen LogP contribution in [0, 0.1) is 5.92 Å². The van der Waals surface area contributed by atoms with Crippen LogP contribution in [0.15, 0.2) is 41.5 Å². The van der Waals surface area contributed by atoms with Gasteiger partial charge in [0.2, 0.25) is 5.91 Å². The maximum Gasteiger partial charge on any atom is 0.330 e. The van der Waals surface area contributed by atoms with Crippen molar-refractivity contribution < 1.29 is 4.79 Å². The first kappa shape index (κ1) is 13.6. The van der Waals surface area contributed by atoms with Crippen LogP contribution in [0.25, 0.3) is 5.69 Å². The summed E-state index contributed by atoms with van der Waals surface area (Å²) < 4.78 is 1.51. The number of nitrogens with zero attached hydrogens (tertiary/aromatic N) is 1. The highest BCUT2D eigenvalue weighted by molar-refractivity contribution is 5.92. The Morgan fingerprint density at radius 3 is 2.52 bits per heavy atom. The lowest BCUT2D eigenvalue weighted by Gasteiger charge is -2.21. The number of carbonyl (C=O) groups is 1. The van der Waals surface area contributed by atoms with Crippen molar-refractivity contribution in [1.29, 1.82) is 0 Å². The number of hydrogen-bond acceptors (Lipinski definition) is 3. The molecule has 1 fully saturated rings. The molecule has 1 aromatic carbocycles. The van der Waals surface area contributed by atoms with Crippen molar-refractivity contribution in [3.8, 4) is 5.69 Å². The summed E-state index contributed by atoms with van der Waals surface area (Å²) in [6.45, 7) is 1.79. The van der Waals surface area contributed by atoms with E-state index in [-0.39, 0.29) is 17.5 Å². The van der Waals surface area contributed by atoms with Gasteiger partial charge < -0.3 is 15.6 Å². The van der Waals surface area contributed by atoms with Gasteiger partial charge in [-0.3, -0.25) is 9.36 Å². The van der Waals surface area contributed by atoms with Crippen LogP contribution in [0.2, 0.25) is 0 Å². The van der Waals surface area contributed by atoms with E-state index in [1.54, 1.807) is 12.4 Å². The fourth-order valence-corrected chi connectivity index (χ4v) is 2.56. The van der Waals surface area contributed by atoms with Crippen molar-refractivity contribution in [2.75, 3.05) is 18.4 Å². The Bertz CT molecular complexity index is 665. The minimum atomic E-state index is -0.179. The Balaban J connectivity index is 1.68. The fraction of sp³-hybridized carbons (Fsp3) is 0.333. The zero-order chi connectivity index (χ0) is 14.7. The highest BCUT2D eigenvalue weighted by Crippen LogP contribution is 2.17. The third-order valence-electron chi connectivity index (χ3n) is 3.77. The number of H-pyrrole nitrogens is 1. The molecule has 0 saturated carbocycles. The largest absolute Gasteiger partial charge is 0.330 e. The van der Waals surface area contributed by atoms with Crippen LogP contribution in [0.1, 0.15) is 12.8 Å². The first-order chi connectivity index (χ1) is 10.2. The topological polar surface area (TPSA) is 78.9 Å². The zero-order valence-electron chi connectivity index (χ0n) is 11.6. The van der Waals surface area contributed by atoms with Gasteiger partial charge in [-0.05, 0) is 50.2 Å². The van der Waals surface area contributed by atoms with Crippen LogP contribution < -0.4 is 16.3 Å². The molecule has 0 radical (unpaired) electrons. The van der Waals surface area contributed by atoms with Gasteiger partial charge in [0.05, 0.1) is 5.69 Å². The predicted octanol–water partition coefficient (Wildman–Crippen LogP) is 1.10. The average molecular weight is 286 g/mol. The predicted molar refractivity (Wildman–Crippen MR) is 80.6 cm³/mol. The monoisotopic (exact) mass is 286 g/mol. The van der Waals surface area contributed by atoms with Crippen molar-refractivity contribution in [1.82, 2.24) is 14.9 Å². The molecule has 1 aliphatic rings. The summed E-state index contributed by atoms with van der Waals surface area (Å²) in [5.41, 5.74) is 1.34. The number of amides is 1. The smallest absolute Gasteiger partial charge is 0.326 e. The Morgan fingerprint density at radius 1 is 1.19 bits per heavy atom. The standard InChI is InChI=1S/C15H18N4O2/c20-14(11-5-7-16-8-6-11)18-12-1-3-13(4-2-12)19-10-9-17-15(19)21/h1-4,9-11,16H,5-8H2,(H,17,21)(H,18,20). The van der Waals surface area contributed by atoms with E-state index in [0.717, 1.165) is 37.3 Å². The normalized spacial score (nSPS) is 15.8. The molecule has 0 bridgehead atoms. The van der Waals surface area contributed by atoms with Gasteiger partial charge in [-0.1, -0.05) is 0 Å². The summed E-state index contributed by atoms with van der Waals surface area (Å²) in [6.07, 6.45) is 5.02. The van der Waals surface area contributed by atoms with Gasteiger partial charge in [-0.15, -0.1) is 0 Å². The minimum Gasteiger partial charge on any atom is -0.326 e. The third-order valence-corrected chi connectivity index (χ3v) is 3.77. The van der Waals surface area contributed by atoms with Crippen molar-refractivity contribution in [3.05, 3.63) is 47.1 Å². The van der Waals surface area contributed by atoms with Crippen LogP contribution in [0.4, 0.5) is 5.69 Å². The molecule has 3 rings (SSSR count).